The molecule has 0 aliphatic rings. The molecule has 2 heterocycles. The lowest BCUT2D eigenvalue weighted by Crippen LogP contribution is -2.22. The van der Waals surface area contributed by atoms with Crippen molar-refractivity contribution in [1.29, 1.82) is 0 Å². The maximum absolute atomic E-state index is 13.3. The molecule has 1 unspecified atom stereocenters. The van der Waals surface area contributed by atoms with E-state index >= 15 is 0 Å². The molecular weight excluding hydrogens is 381 g/mol. The zero-order chi connectivity index (χ0) is 18.0. The number of halogens is 1. The summed E-state index contributed by atoms with van der Waals surface area (Å²) >= 11 is 2.86. The largest absolute Gasteiger partial charge is 0.383 e. The van der Waals surface area contributed by atoms with Crippen molar-refractivity contribution in [3.8, 4) is 0 Å². The molecule has 2 aromatic heterocycles. The van der Waals surface area contributed by atoms with Crippen molar-refractivity contribution in [2.75, 3.05) is 0 Å². The van der Waals surface area contributed by atoms with E-state index in [0.717, 1.165) is 21.4 Å². The van der Waals surface area contributed by atoms with E-state index in [-0.39, 0.29) is 17.0 Å². The van der Waals surface area contributed by atoms with E-state index in [0.29, 0.717) is 0 Å². The Morgan fingerprint density at radius 3 is 2.72 bits per heavy atom. The fraction of sp³-hybridized carbons (Fsp3) is 0.176. The van der Waals surface area contributed by atoms with Gasteiger partial charge in [-0.2, -0.15) is 11.3 Å². The first-order valence-corrected chi connectivity index (χ1v) is 10.7. The average molecular weight is 398 g/mol. The Kier molecular flexibility index (Phi) is 5.35. The van der Waals surface area contributed by atoms with Crippen LogP contribution < -0.4 is 4.72 Å². The van der Waals surface area contributed by atoms with Gasteiger partial charge in [0.15, 0.2) is 0 Å². The molecule has 0 spiro atoms. The fourth-order valence-electron chi connectivity index (χ4n) is 2.27. The molecule has 0 aliphatic carbocycles. The Balaban J connectivity index is 1.70. The summed E-state index contributed by atoms with van der Waals surface area (Å²) in [5.41, 5.74) is 1.10. The molecule has 25 heavy (non-hydrogen) atoms. The first-order chi connectivity index (χ1) is 11.9. The standard InChI is InChI=1S/C17H16FNO3S3/c1-11-8-14(3-4-15(11)18)25(21,22)19-9-13-2-5-16(24-13)17(20)12-6-7-23-10-12/h2-8,10,17,19-20H,9H2,1H3. The van der Waals surface area contributed by atoms with Gasteiger partial charge in [0.05, 0.1) is 4.90 Å². The van der Waals surface area contributed by atoms with Gasteiger partial charge in [0.1, 0.15) is 11.9 Å². The monoisotopic (exact) mass is 397 g/mol. The third kappa shape index (κ3) is 4.16. The second kappa shape index (κ2) is 7.35. The number of hydrogen-bond donors (Lipinski definition) is 2. The summed E-state index contributed by atoms with van der Waals surface area (Å²) in [4.78, 5) is 1.57. The highest BCUT2D eigenvalue weighted by Gasteiger charge is 2.17. The number of aliphatic hydroxyl groups is 1. The van der Waals surface area contributed by atoms with E-state index in [1.54, 1.807) is 12.1 Å². The summed E-state index contributed by atoms with van der Waals surface area (Å²) in [7, 11) is -3.72. The molecule has 0 saturated heterocycles. The number of thiophene rings is 2. The van der Waals surface area contributed by atoms with Crippen molar-refractivity contribution < 1.29 is 17.9 Å². The Morgan fingerprint density at radius 2 is 2.04 bits per heavy atom. The van der Waals surface area contributed by atoms with Gasteiger partial charge in [-0.3, -0.25) is 0 Å². The van der Waals surface area contributed by atoms with Crippen LogP contribution in [0.1, 0.15) is 27.0 Å². The smallest absolute Gasteiger partial charge is 0.240 e. The SMILES string of the molecule is Cc1cc(S(=O)(=O)NCc2ccc(C(O)c3ccsc3)s2)ccc1F. The highest BCUT2D eigenvalue weighted by molar-refractivity contribution is 7.89. The predicted octanol–water partition coefficient (Wildman–Crippen LogP) is 3.82. The van der Waals surface area contributed by atoms with Crippen molar-refractivity contribution in [2.24, 2.45) is 0 Å². The van der Waals surface area contributed by atoms with Gasteiger partial charge < -0.3 is 5.11 Å². The number of aliphatic hydroxyl groups excluding tert-OH is 1. The summed E-state index contributed by atoms with van der Waals surface area (Å²) < 4.78 is 40.4. The normalized spacial score (nSPS) is 13.1. The van der Waals surface area contributed by atoms with Crippen LogP contribution in [0.25, 0.3) is 0 Å². The average Bonchev–Trinajstić information content (AvgIpc) is 3.26. The van der Waals surface area contributed by atoms with Crippen LogP contribution in [0, 0.1) is 12.7 Å². The number of hydrogen-bond acceptors (Lipinski definition) is 5. The topological polar surface area (TPSA) is 66.4 Å². The lowest BCUT2D eigenvalue weighted by Gasteiger charge is -2.07. The Hall–Kier alpha value is -1.58. The number of aryl methyl sites for hydroxylation is 1. The Morgan fingerprint density at radius 1 is 1.24 bits per heavy atom. The molecular formula is C17H16FNO3S3. The van der Waals surface area contributed by atoms with Gasteiger partial charge in [0, 0.05) is 16.3 Å². The summed E-state index contributed by atoms with van der Waals surface area (Å²) in [5.74, 6) is -0.440. The molecule has 0 aliphatic heterocycles. The molecule has 2 N–H and O–H groups in total. The first-order valence-electron chi connectivity index (χ1n) is 7.41. The van der Waals surface area contributed by atoms with Crippen LogP contribution in [-0.2, 0) is 16.6 Å². The van der Waals surface area contributed by atoms with Crippen LogP contribution in [0.15, 0.2) is 52.1 Å². The fourth-order valence-corrected chi connectivity index (χ4v) is 5.09. The summed E-state index contributed by atoms with van der Waals surface area (Å²) in [5, 5.41) is 14.1. The van der Waals surface area contributed by atoms with Crippen molar-refractivity contribution in [3.63, 3.8) is 0 Å². The summed E-state index contributed by atoms with van der Waals surface area (Å²) in [6.45, 7) is 1.63. The predicted molar refractivity (Wildman–Crippen MR) is 97.9 cm³/mol. The molecule has 4 nitrogen and oxygen atoms in total. The first kappa shape index (κ1) is 18.2. The molecule has 0 saturated carbocycles. The number of rotatable bonds is 6. The van der Waals surface area contributed by atoms with Gasteiger partial charge >= 0.3 is 0 Å². The van der Waals surface area contributed by atoms with E-state index in [9.17, 15) is 17.9 Å². The van der Waals surface area contributed by atoms with Crippen molar-refractivity contribution in [2.45, 2.75) is 24.5 Å². The second-order valence-corrected chi connectivity index (χ2v) is 9.25. The Labute approximate surface area is 153 Å². The van der Waals surface area contributed by atoms with E-state index in [1.165, 1.54) is 41.7 Å². The van der Waals surface area contributed by atoms with Crippen LogP contribution in [0.4, 0.5) is 4.39 Å². The zero-order valence-electron chi connectivity index (χ0n) is 13.3. The minimum absolute atomic E-state index is 0.0292. The maximum atomic E-state index is 13.3. The minimum Gasteiger partial charge on any atom is -0.383 e. The molecule has 3 rings (SSSR count). The molecule has 0 fully saturated rings. The molecule has 0 bridgehead atoms. The van der Waals surface area contributed by atoms with E-state index < -0.39 is 21.9 Å². The number of benzene rings is 1. The van der Waals surface area contributed by atoms with E-state index in [2.05, 4.69) is 4.72 Å². The van der Waals surface area contributed by atoms with Gasteiger partial charge in [0.2, 0.25) is 10.0 Å². The van der Waals surface area contributed by atoms with Gasteiger partial charge in [-0.05, 0) is 65.2 Å². The zero-order valence-corrected chi connectivity index (χ0v) is 15.7. The van der Waals surface area contributed by atoms with Crippen LogP contribution in [0.3, 0.4) is 0 Å². The third-order valence-electron chi connectivity index (χ3n) is 3.69. The quantitative estimate of drug-likeness (QED) is 0.665. The third-order valence-corrected chi connectivity index (χ3v) is 6.93. The molecule has 3 aromatic rings. The summed E-state index contributed by atoms with van der Waals surface area (Å²) in [6, 6.07) is 9.12. The maximum Gasteiger partial charge on any atom is 0.240 e. The van der Waals surface area contributed by atoms with Gasteiger partial charge in [0.25, 0.3) is 0 Å². The van der Waals surface area contributed by atoms with Crippen LogP contribution in [0.2, 0.25) is 0 Å². The molecule has 1 aromatic carbocycles. The molecule has 0 amide bonds. The van der Waals surface area contributed by atoms with Gasteiger partial charge in [-0.15, -0.1) is 11.3 Å². The van der Waals surface area contributed by atoms with E-state index in [1.807, 2.05) is 16.8 Å². The van der Waals surface area contributed by atoms with Gasteiger partial charge in [-0.25, -0.2) is 17.5 Å². The molecule has 132 valence electrons. The van der Waals surface area contributed by atoms with Crippen molar-refractivity contribution >= 4 is 32.7 Å². The van der Waals surface area contributed by atoms with Crippen LogP contribution in [0.5, 0.6) is 0 Å². The van der Waals surface area contributed by atoms with Crippen molar-refractivity contribution in [3.05, 3.63) is 73.9 Å². The lowest BCUT2D eigenvalue weighted by molar-refractivity contribution is 0.224. The highest BCUT2D eigenvalue weighted by atomic mass is 32.2. The minimum atomic E-state index is -3.72. The highest BCUT2D eigenvalue weighted by Crippen LogP contribution is 2.29. The molecule has 0 radical (unpaired) electrons. The van der Waals surface area contributed by atoms with Crippen molar-refractivity contribution in [1.82, 2.24) is 4.72 Å². The Bertz CT molecular complexity index is 965. The van der Waals surface area contributed by atoms with Gasteiger partial charge in [-0.1, -0.05) is 0 Å². The molecule has 8 heteroatoms. The van der Waals surface area contributed by atoms with Crippen LogP contribution >= 0.6 is 22.7 Å². The number of sulfonamides is 1. The van der Waals surface area contributed by atoms with Crippen LogP contribution in [-0.4, -0.2) is 13.5 Å². The summed E-state index contributed by atoms with van der Waals surface area (Å²) in [6.07, 6.45) is -0.707. The number of nitrogens with one attached hydrogen (secondary N) is 1. The van der Waals surface area contributed by atoms with E-state index in [4.69, 9.17) is 0 Å². The lowest BCUT2D eigenvalue weighted by atomic mass is 10.2. The second-order valence-electron chi connectivity index (χ2n) is 5.50. The molecule has 1 atom stereocenters.